The van der Waals surface area contributed by atoms with Gasteiger partial charge in [-0.3, -0.25) is 10.1 Å². The van der Waals surface area contributed by atoms with Gasteiger partial charge in [0.05, 0.1) is 12.0 Å². The summed E-state index contributed by atoms with van der Waals surface area (Å²) >= 11 is 7.31. The predicted octanol–water partition coefficient (Wildman–Crippen LogP) is 5.50. The van der Waals surface area contributed by atoms with E-state index in [0.717, 1.165) is 10.4 Å². The van der Waals surface area contributed by atoms with E-state index in [-0.39, 0.29) is 5.91 Å². The Bertz CT molecular complexity index is 921. The number of rotatable bonds is 4. The molecule has 7 heteroatoms. The lowest BCUT2D eigenvalue weighted by atomic mass is 10.2. The van der Waals surface area contributed by atoms with Gasteiger partial charge in [-0.1, -0.05) is 23.7 Å². The molecule has 2 N–H and O–H groups in total. The third kappa shape index (κ3) is 4.41. The second kappa shape index (κ2) is 8.03. The van der Waals surface area contributed by atoms with Crippen molar-refractivity contribution in [2.24, 2.45) is 0 Å². The molecule has 0 fully saturated rings. The largest absolute Gasteiger partial charge is 0.453 e. The van der Waals surface area contributed by atoms with E-state index < -0.39 is 6.09 Å². The molecule has 0 unspecified atom stereocenters. The van der Waals surface area contributed by atoms with Crippen LogP contribution in [-0.2, 0) is 4.74 Å². The Kier molecular flexibility index (Phi) is 5.55. The molecule has 5 nitrogen and oxygen atoms in total. The van der Waals surface area contributed by atoms with Gasteiger partial charge in [-0.15, -0.1) is 11.3 Å². The quantitative estimate of drug-likeness (QED) is 0.622. The molecule has 2 aromatic carbocycles. The molecule has 1 aromatic heterocycles. The van der Waals surface area contributed by atoms with Crippen molar-refractivity contribution < 1.29 is 14.3 Å². The fourth-order valence-electron chi connectivity index (χ4n) is 2.23. The van der Waals surface area contributed by atoms with Crippen molar-refractivity contribution in [3.63, 3.8) is 0 Å². The molecule has 0 saturated heterocycles. The van der Waals surface area contributed by atoms with Gasteiger partial charge in [0.25, 0.3) is 5.91 Å². The third-order valence-corrected chi connectivity index (χ3v) is 4.92. The summed E-state index contributed by atoms with van der Waals surface area (Å²) in [6, 6.07) is 17.9. The zero-order valence-corrected chi connectivity index (χ0v) is 15.4. The van der Waals surface area contributed by atoms with Gasteiger partial charge < -0.3 is 10.1 Å². The number of halogens is 1. The molecule has 2 amide bonds. The first-order chi connectivity index (χ1) is 12.5. The molecule has 0 aliphatic rings. The Balaban J connectivity index is 1.66. The third-order valence-electron chi connectivity index (χ3n) is 3.53. The number of carbonyl (C=O) groups excluding carboxylic acids is 2. The number of hydrogen-bond donors (Lipinski definition) is 2. The van der Waals surface area contributed by atoms with Crippen molar-refractivity contribution >= 4 is 46.3 Å². The lowest BCUT2D eigenvalue weighted by Crippen LogP contribution is -2.12. The molecular weight excluding hydrogens is 372 g/mol. The van der Waals surface area contributed by atoms with Crippen LogP contribution in [0.5, 0.6) is 0 Å². The van der Waals surface area contributed by atoms with Crippen LogP contribution in [0.15, 0.2) is 60.7 Å². The number of anilines is 2. The summed E-state index contributed by atoms with van der Waals surface area (Å²) in [6.07, 6.45) is -0.546. The number of benzene rings is 2. The minimum absolute atomic E-state index is 0.191. The number of nitrogens with one attached hydrogen (secondary N) is 2. The van der Waals surface area contributed by atoms with Gasteiger partial charge in [-0.05, 0) is 54.1 Å². The van der Waals surface area contributed by atoms with Crippen molar-refractivity contribution in [1.82, 2.24) is 0 Å². The second-order valence-corrected chi connectivity index (χ2v) is 6.84. The summed E-state index contributed by atoms with van der Waals surface area (Å²) in [5, 5.41) is 6.06. The standard InChI is InChI=1S/C19H15ClN2O3S/c1-25-19(24)22-15-8-6-14(7-9-15)21-18(23)17-11-10-16(26-17)12-2-4-13(20)5-3-12/h2-11H,1H3,(H,21,23)(H,22,24). The first-order valence-electron chi connectivity index (χ1n) is 7.67. The Morgan fingerprint density at radius 2 is 1.50 bits per heavy atom. The molecule has 0 aliphatic heterocycles. The second-order valence-electron chi connectivity index (χ2n) is 5.32. The Labute approximate surface area is 159 Å². The number of hydrogen-bond acceptors (Lipinski definition) is 4. The number of thiophene rings is 1. The average molecular weight is 387 g/mol. The number of methoxy groups -OCH3 is 1. The van der Waals surface area contributed by atoms with Crippen molar-refractivity contribution in [2.75, 3.05) is 17.7 Å². The lowest BCUT2D eigenvalue weighted by Gasteiger charge is -2.06. The molecule has 0 radical (unpaired) electrons. The maximum absolute atomic E-state index is 12.4. The van der Waals surface area contributed by atoms with Crippen molar-refractivity contribution in [1.29, 1.82) is 0 Å². The van der Waals surface area contributed by atoms with Crippen LogP contribution in [0.4, 0.5) is 16.2 Å². The average Bonchev–Trinajstić information content (AvgIpc) is 3.14. The maximum Gasteiger partial charge on any atom is 0.411 e. The molecule has 1 heterocycles. The molecule has 3 aromatic rings. The van der Waals surface area contributed by atoms with Crippen LogP contribution in [-0.4, -0.2) is 19.1 Å². The van der Waals surface area contributed by atoms with Crippen LogP contribution in [0.2, 0.25) is 5.02 Å². The lowest BCUT2D eigenvalue weighted by molar-refractivity contribution is 0.103. The molecule has 0 saturated carbocycles. The van der Waals surface area contributed by atoms with Gasteiger partial charge in [0.15, 0.2) is 0 Å². The Morgan fingerprint density at radius 3 is 2.12 bits per heavy atom. The zero-order valence-electron chi connectivity index (χ0n) is 13.8. The summed E-state index contributed by atoms with van der Waals surface area (Å²) in [7, 11) is 1.29. The predicted molar refractivity (Wildman–Crippen MR) is 105 cm³/mol. The van der Waals surface area contributed by atoms with E-state index >= 15 is 0 Å². The molecule has 132 valence electrons. The normalized spacial score (nSPS) is 10.2. The maximum atomic E-state index is 12.4. The summed E-state index contributed by atoms with van der Waals surface area (Å²) < 4.78 is 4.53. The highest BCUT2D eigenvalue weighted by Crippen LogP contribution is 2.29. The van der Waals surface area contributed by atoms with Crippen molar-refractivity contribution in [3.8, 4) is 10.4 Å². The highest BCUT2D eigenvalue weighted by atomic mass is 35.5. The first kappa shape index (κ1) is 18.0. The van der Waals surface area contributed by atoms with E-state index in [9.17, 15) is 9.59 Å². The van der Waals surface area contributed by atoms with Crippen LogP contribution < -0.4 is 10.6 Å². The molecule has 0 aliphatic carbocycles. The van der Waals surface area contributed by atoms with Gasteiger partial charge >= 0.3 is 6.09 Å². The Morgan fingerprint density at radius 1 is 0.885 bits per heavy atom. The number of ether oxygens (including phenoxy) is 1. The summed E-state index contributed by atoms with van der Waals surface area (Å²) in [4.78, 5) is 25.2. The van der Waals surface area contributed by atoms with E-state index in [1.165, 1.54) is 18.4 Å². The molecule has 0 atom stereocenters. The summed E-state index contributed by atoms with van der Waals surface area (Å²) in [5.74, 6) is -0.191. The van der Waals surface area contributed by atoms with E-state index in [0.29, 0.717) is 21.3 Å². The topological polar surface area (TPSA) is 67.4 Å². The van der Waals surface area contributed by atoms with E-state index in [4.69, 9.17) is 11.6 Å². The van der Waals surface area contributed by atoms with E-state index in [2.05, 4.69) is 15.4 Å². The van der Waals surface area contributed by atoms with Crippen LogP contribution >= 0.6 is 22.9 Å². The van der Waals surface area contributed by atoms with Crippen LogP contribution in [0, 0.1) is 0 Å². The molecule has 0 spiro atoms. The summed E-state index contributed by atoms with van der Waals surface area (Å²) in [6.45, 7) is 0. The van der Waals surface area contributed by atoms with Gasteiger partial charge in [0.2, 0.25) is 0 Å². The van der Waals surface area contributed by atoms with Crippen LogP contribution in [0.1, 0.15) is 9.67 Å². The SMILES string of the molecule is COC(=O)Nc1ccc(NC(=O)c2ccc(-c3ccc(Cl)cc3)s2)cc1. The molecule has 0 bridgehead atoms. The smallest absolute Gasteiger partial charge is 0.411 e. The van der Waals surface area contributed by atoms with Crippen LogP contribution in [0.3, 0.4) is 0 Å². The van der Waals surface area contributed by atoms with Crippen LogP contribution in [0.25, 0.3) is 10.4 Å². The minimum Gasteiger partial charge on any atom is -0.453 e. The Hall–Kier alpha value is -2.83. The van der Waals surface area contributed by atoms with Gasteiger partial charge in [0, 0.05) is 21.3 Å². The van der Waals surface area contributed by atoms with Gasteiger partial charge in [0.1, 0.15) is 0 Å². The monoisotopic (exact) mass is 386 g/mol. The van der Waals surface area contributed by atoms with E-state index in [1.54, 1.807) is 30.3 Å². The molecule has 26 heavy (non-hydrogen) atoms. The fraction of sp³-hybridized carbons (Fsp3) is 0.0526. The number of carbonyl (C=O) groups is 2. The highest BCUT2D eigenvalue weighted by Gasteiger charge is 2.11. The van der Waals surface area contributed by atoms with Gasteiger partial charge in [-0.25, -0.2) is 4.79 Å². The molecule has 3 rings (SSSR count). The fourth-order valence-corrected chi connectivity index (χ4v) is 3.26. The van der Waals surface area contributed by atoms with E-state index in [1.807, 2.05) is 30.3 Å². The van der Waals surface area contributed by atoms with Gasteiger partial charge in [-0.2, -0.15) is 0 Å². The highest BCUT2D eigenvalue weighted by molar-refractivity contribution is 7.17. The minimum atomic E-state index is -0.546. The molecular formula is C19H15ClN2O3S. The zero-order chi connectivity index (χ0) is 18.5. The van der Waals surface area contributed by atoms with Crippen molar-refractivity contribution in [2.45, 2.75) is 0 Å². The number of amides is 2. The first-order valence-corrected chi connectivity index (χ1v) is 8.87. The summed E-state index contributed by atoms with van der Waals surface area (Å²) in [5.41, 5.74) is 2.22. The van der Waals surface area contributed by atoms with Crippen molar-refractivity contribution in [3.05, 3.63) is 70.6 Å².